The van der Waals surface area contributed by atoms with E-state index in [2.05, 4.69) is 23.5 Å². The second kappa shape index (κ2) is 16.5. The maximum Gasteiger partial charge on any atom is 0.343 e. The Balaban J connectivity index is 2.33. The molecule has 0 atom stereocenters. The number of hydrogen-bond acceptors (Lipinski definition) is 9. The summed E-state index contributed by atoms with van der Waals surface area (Å²) in [5.41, 5.74) is 0.368. The van der Waals surface area contributed by atoms with Crippen LogP contribution in [0.4, 0.5) is 0 Å². The third-order valence-electron chi connectivity index (χ3n) is 8.03. The zero-order chi connectivity index (χ0) is 35.6. The number of nitrogens with zero attached hydrogens (tertiary/aromatic N) is 2. The number of carboxylic acid groups (broad SMARTS) is 1. The van der Waals surface area contributed by atoms with Crippen molar-refractivity contribution < 1.29 is 38.7 Å². The summed E-state index contributed by atoms with van der Waals surface area (Å²) in [5.74, 6) is -2.44. The van der Waals surface area contributed by atoms with Crippen LogP contribution in [0, 0.1) is 10.8 Å². The number of rotatable bonds is 16. The maximum absolute atomic E-state index is 14.3. The fourth-order valence-electron chi connectivity index (χ4n) is 6.18. The van der Waals surface area contributed by atoms with Crippen LogP contribution in [0.25, 0.3) is 5.57 Å². The molecule has 10 nitrogen and oxygen atoms in total. The van der Waals surface area contributed by atoms with Crippen molar-refractivity contribution in [2.75, 3.05) is 13.2 Å². The van der Waals surface area contributed by atoms with Crippen LogP contribution in [0.5, 0.6) is 0 Å². The van der Waals surface area contributed by atoms with Gasteiger partial charge in [-0.25, -0.2) is 9.59 Å². The Morgan fingerprint density at radius 2 is 1.31 bits per heavy atom. The minimum absolute atomic E-state index is 0.0460. The lowest BCUT2D eigenvalue weighted by Crippen LogP contribution is -2.32. The Kier molecular flexibility index (Phi) is 13.0. The topological polar surface area (TPSA) is 141 Å². The minimum Gasteiger partial charge on any atom is -0.478 e. The van der Waals surface area contributed by atoms with Crippen molar-refractivity contribution in [2.24, 2.45) is 21.1 Å². The van der Waals surface area contributed by atoms with Crippen LogP contribution in [0.15, 0.2) is 70.7 Å². The summed E-state index contributed by atoms with van der Waals surface area (Å²) in [6.45, 7) is 19.1. The highest BCUT2D eigenvalue weighted by atomic mass is 16.6. The van der Waals surface area contributed by atoms with Crippen LogP contribution < -0.4 is 0 Å². The van der Waals surface area contributed by atoms with Gasteiger partial charge in [-0.3, -0.25) is 9.59 Å². The van der Waals surface area contributed by atoms with Crippen LogP contribution in [0.1, 0.15) is 119 Å². The number of benzene rings is 1. The first-order valence-electron chi connectivity index (χ1n) is 16.4. The van der Waals surface area contributed by atoms with Gasteiger partial charge in [-0.05, 0) is 47.8 Å². The molecule has 1 aromatic carbocycles. The second-order valence-electron chi connectivity index (χ2n) is 13.7. The molecule has 0 bridgehead atoms. The van der Waals surface area contributed by atoms with E-state index in [0.29, 0.717) is 42.7 Å². The van der Waals surface area contributed by atoms with Crippen LogP contribution in [0.2, 0.25) is 0 Å². The molecule has 0 saturated carbocycles. The quantitative estimate of drug-likeness (QED) is 0.0617. The SMILES string of the molecule is C=CCON=C(CCC)C1=C(OC(=O)c2cccc(C(=O)O)c2C2=C(C(CCC)=NOCC=C)C(=O)CC(C)(C)C2)CC(C)(C)CC1=O. The van der Waals surface area contributed by atoms with Gasteiger partial charge in [-0.15, -0.1) is 0 Å². The first-order chi connectivity index (χ1) is 22.7. The van der Waals surface area contributed by atoms with Gasteiger partial charge in [0.1, 0.15) is 19.0 Å². The van der Waals surface area contributed by atoms with E-state index in [1.165, 1.54) is 30.4 Å². The molecule has 48 heavy (non-hydrogen) atoms. The third kappa shape index (κ3) is 9.27. The summed E-state index contributed by atoms with van der Waals surface area (Å²) in [6, 6.07) is 4.35. The molecule has 3 rings (SSSR count). The molecule has 258 valence electrons. The number of carboxylic acids is 1. The Morgan fingerprint density at radius 3 is 1.83 bits per heavy atom. The number of hydrogen-bond donors (Lipinski definition) is 1. The highest BCUT2D eigenvalue weighted by molar-refractivity contribution is 6.29. The van der Waals surface area contributed by atoms with Gasteiger partial charge in [-0.2, -0.15) is 0 Å². The number of Topliss-reactive ketones (excluding diaryl/α,β-unsaturated/α-hetero) is 2. The van der Waals surface area contributed by atoms with E-state index in [-0.39, 0.29) is 84.1 Å². The van der Waals surface area contributed by atoms with Crippen molar-refractivity contribution in [1.29, 1.82) is 0 Å². The van der Waals surface area contributed by atoms with Crippen LogP contribution in [-0.4, -0.2) is 53.2 Å². The Hall–Kier alpha value is -4.60. The summed E-state index contributed by atoms with van der Waals surface area (Å²) in [4.78, 5) is 65.3. The largest absolute Gasteiger partial charge is 0.478 e. The third-order valence-corrected chi connectivity index (χ3v) is 8.03. The van der Waals surface area contributed by atoms with E-state index in [1.54, 1.807) is 0 Å². The lowest BCUT2D eigenvalue weighted by molar-refractivity contribution is -0.118. The summed E-state index contributed by atoms with van der Waals surface area (Å²) in [5, 5.41) is 18.9. The Labute approximate surface area is 283 Å². The van der Waals surface area contributed by atoms with E-state index in [9.17, 15) is 24.3 Å². The number of oxime groups is 2. The summed E-state index contributed by atoms with van der Waals surface area (Å²) in [7, 11) is 0. The number of esters is 1. The second-order valence-corrected chi connectivity index (χ2v) is 13.7. The molecular formula is C38H48N2O8. The molecule has 0 fully saturated rings. The van der Waals surface area contributed by atoms with Crippen LogP contribution in [-0.2, 0) is 24.0 Å². The predicted octanol–water partition coefficient (Wildman–Crippen LogP) is 8.04. The van der Waals surface area contributed by atoms with Gasteiger partial charge in [0.25, 0.3) is 0 Å². The van der Waals surface area contributed by atoms with Crippen molar-refractivity contribution >= 4 is 40.5 Å². The van der Waals surface area contributed by atoms with E-state index < -0.39 is 22.8 Å². The van der Waals surface area contributed by atoms with Crippen molar-refractivity contribution in [1.82, 2.24) is 0 Å². The molecule has 2 aliphatic carbocycles. The van der Waals surface area contributed by atoms with E-state index in [4.69, 9.17) is 14.4 Å². The highest BCUT2D eigenvalue weighted by Crippen LogP contribution is 2.45. The van der Waals surface area contributed by atoms with Crippen LogP contribution >= 0.6 is 0 Å². The molecule has 1 aromatic rings. The molecule has 10 heteroatoms. The first-order valence-corrected chi connectivity index (χ1v) is 16.4. The number of carbonyl (C=O) groups is 4. The van der Waals surface area contributed by atoms with E-state index in [1.807, 2.05) is 41.5 Å². The molecule has 0 amide bonds. The van der Waals surface area contributed by atoms with Crippen LogP contribution in [0.3, 0.4) is 0 Å². The lowest BCUT2D eigenvalue weighted by Gasteiger charge is -2.34. The van der Waals surface area contributed by atoms with Gasteiger partial charge in [0.2, 0.25) is 0 Å². The van der Waals surface area contributed by atoms with Gasteiger partial charge in [0.15, 0.2) is 11.6 Å². The number of aromatic carboxylic acids is 1. The number of ketones is 2. The number of allylic oxidation sites excluding steroid dienone is 4. The summed E-state index contributed by atoms with van der Waals surface area (Å²) < 4.78 is 6.09. The number of carbonyl (C=O) groups excluding carboxylic acids is 3. The summed E-state index contributed by atoms with van der Waals surface area (Å²) >= 11 is 0. The molecular weight excluding hydrogens is 612 g/mol. The molecule has 2 aliphatic rings. The average molecular weight is 661 g/mol. The molecule has 0 aromatic heterocycles. The van der Waals surface area contributed by atoms with Gasteiger partial charge >= 0.3 is 11.9 Å². The average Bonchev–Trinajstić information content (AvgIpc) is 2.99. The zero-order valence-electron chi connectivity index (χ0n) is 29.1. The minimum atomic E-state index is -1.27. The van der Waals surface area contributed by atoms with Crippen molar-refractivity contribution in [3.8, 4) is 0 Å². The molecule has 0 spiro atoms. The maximum atomic E-state index is 14.3. The van der Waals surface area contributed by atoms with Gasteiger partial charge in [0.05, 0.1) is 28.1 Å². The van der Waals surface area contributed by atoms with Crippen molar-refractivity contribution in [2.45, 2.75) is 92.9 Å². The van der Waals surface area contributed by atoms with Gasteiger partial charge in [0, 0.05) is 30.4 Å². The molecule has 0 aliphatic heterocycles. The normalized spacial score (nSPS) is 18.0. The molecule has 0 unspecified atom stereocenters. The monoisotopic (exact) mass is 660 g/mol. The Bertz CT molecular complexity index is 1590. The van der Waals surface area contributed by atoms with Crippen molar-refractivity contribution in [3.63, 3.8) is 0 Å². The fourth-order valence-corrected chi connectivity index (χ4v) is 6.18. The molecule has 0 saturated heterocycles. The molecule has 1 N–H and O–H groups in total. The first kappa shape index (κ1) is 37.9. The van der Waals surface area contributed by atoms with E-state index in [0.717, 1.165) is 0 Å². The standard InChI is InChI=1S/C38H48N2O8/c1-9-14-27(39-46-18-11-3)33-26(20-37(5,6)21-29(33)41)32-24(35(43)44)16-13-17-25(32)36(45)48-31-23-38(7,8)22-30(42)34(31)28(15-10-2)40-47-19-12-4/h11-13,16-17H,3-4,9-10,14-15,18-23H2,1-2,5-8H3,(H,43,44). The van der Waals surface area contributed by atoms with Crippen molar-refractivity contribution in [3.05, 3.63) is 77.1 Å². The van der Waals surface area contributed by atoms with Gasteiger partial charge < -0.3 is 19.5 Å². The fraction of sp³-hybridized carbons (Fsp3) is 0.474. The molecule has 0 radical (unpaired) electrons. The number of ether oxygens (including phenoxy) is 1. The predicted molar refractivity (Wildman–Crippen MR) is 186 cm³/mol. The molecule has 0 heterocycles. The Morgan fingerprint density at radius 1 is 0.812 bits per heavy atom. The highest BCUT2D eigenvalue weighted by Gasteiger charge is 2.40. The van der Waals surface area contributed by atoms with Gasteiger partial charge in [-0.1, -0.05) is 96.1 Å². The smallest absolute Gasteiger partial charge is 0.343 e. The lowest BCUT2D eigenvalue weighted by atomic mass is 9.69. The summed E-state index contributed by atoms with van der Waals surface area (Å²) in [6.07, 6.45) is 6.11. The van der Waals surface area contributed by atoms with E-state index >= 15 is 0 Å². The zero-order valence-corrected chi connectivity index (χ0v) is 29.1.